The molecule has 0 aromatic carbocycles. The molecular formula is C16H20N4O4. The number of aliphatic carboxylic acids is 1. The molecule has 1 saturated carbocycles. The number of carbonyl (C=O) groups excluding carboxylic acids is 1. The van der Waals surface area contributed by atoms with Crippen LogP contribution in [0.4, 0.5) is 0 Å². The smallest absolute Gasteiger partial charge is 0.350 e. The number of pyridine rings is 1. The molecule has 0 unspecified atom stereocenters. The minimum atomic E-state index is -1.24. The number of nitrogens with one attached hydrogen (secondary N) is 1. The van der Waals surface area contributed by atoms with Gasteiger partial charge in [0.05, 0.1) is 0 Å². The normalized spacial score (nSPS) is 24.0. The highest BCUT2D eigenvalue weighted by molar-refractivity contribution is 5.87. The number of carboxylic acid groups (broad SMARTS) is 1. The van der Waals surface area contributed by atoms with Crippen molar-refractivity contribution in [2.24, 2.45) is 5.92 Å². The van der Waals surface area contributed by atoms with Gasteiger partial charge in [0, 0.05) is 6.20 Å². The lowest BCUT2D eigenvalue weighted by atomic mass is 9.77. The zero-order chi connectivity index (χ0) is 17.3. The lowest BCUT2D eigenvalue weighted by Gasteiger charge is -2.36. The van der Waals surface area contributed by atoms with Crippen molar-refractivity contribution in [2.45, 2.75) is 44.7 Å². The van der Waals surface area contributed by atoms with Gasteiger partial charge in [-0.25, -0.2) is 14.3 Å². The average Bonchev–Trinajstić information content (AvgIpc) is 2.86. The molecule has 2 aromatic heterocycles. The zero-order valence-electron chi connectivity index (χ0n) is 13.4. The van der Waals surface area contributed by atoms with Crippen LogP contribution in [0.2, 0.25) is 0 Å². The molecule has 2 heterocycles. The van der Waals surface area contributed by atoms with Crippen LogP contribution >= 0.6 is 0 Å². The maximum Gasteiger partial charge on any atom is 0.350 e. The van der Waals surface area contributed by atoms with E-state index in [0.717, 1.165) is 17.5 Å². The van der Waals surface area contributed by atoms with Crippen molar-refractivity contribution in [3.63, 3.8) is 0 Å². The number of amides is 1. The van der Waals surface area contributed by atoms with E-state index in [1.807, 2.05) is 0 Å². The van der Waals surface area contributed by atoms with Gasteiger partial charge in [0.25, 0.3) is 0 Å². The van der Waals surface area contributed by atoms with Crippen LogP contribution in [-0.4, -0.2) is 36.7 Å². The molecule has 128 valence electrons. The minimum absolute atomic E-state index is 0.300. The summed E-state index contributed by atoms with van der Waals surface area (Å²) < 4.78 is 2.38. The van der Waals surface area contributed by atoms with Crippen LogP contribution in [0, 0.1) is 5.92 Å². The van der Waals surface area contributed by atoms with E-state index in [4.69, 9.17) is 0 Å². The summed E-state index contributed by atoms with van der Waals surface area (Å²) in [5.41, 5.74) is -1.23. The Morgan fingerprint density at radius 2 is 2.08 bits per heavy atom. The van der Waals surface area contributed by atoms with Gasteiger partial charge in [-0.15, -0.1) is 5.10 Å². The van der Waals surface area contributed by atoms with E-state index >= 15 is 0 Å². The summed E-state index contributed by atoms with van der Waals surface area (Å²) in [5, 5.41) is 16.3. The van der Waals surface area contributed by atoms with Crippen molar-refractivity contribution >= 4 is 17.5 Å². The van der Waals surface area contributed by atoms with E-state index in [1.54, 1.807) is 24.4 Å². The average molecular weight is 332 g/mol. The summed E-state index contributed by atoms with van der Waals surface area (Å²) in [4.78, 5) is 36.2. The number of fused-ring (bicyclic) bond motifs is 1. The topological polar surface area (TPSA) is 106 Å². The van der Waals surface area contributed by atoms with Crippen LogP contribution in [0.1, 0.15) is 32.6 Å². The minimum Gasteiger partial charge on any atom is -0.480 e. The second-order valence-electron chi connectivity index (χ2n) is 6.49. The number of aromatic nitrogens is 3. The SMILES string of the molecule is CC1CCC(NC(=O)Cn2nc3ccccn3c2=O)(C(=O)O)CC1. The van der Waals surface area contributed by atoms with Crippen molar-refractivity contribution in [2.75, 3.05) is 0 Å². The molecule has 1 amide bonds. The molecular weight excluding hydrogens is 312 g/mol. The van der Waals surface area contributed by atoms with Gasteiger partial charge in [-0.1, -0.05) is 13.0 Å². The quantitative estimate of drug-likeness (QED) is 0.855. The van der Waals surface area contributed by atoms with Gasteiger partial charge < -0.3 is 10.4 Å². The predicted octanol–water partition coefficient (Wildman–Crippen LogP) is 0.646. The predicted molar refractivity (Wildman–Crippen MR) is 85.6 cm³/mol. The van der Waals surface area contributed by atoms with Crippen molar-refractivity contribution < 1.29 is 14.7 Å². The Balaban J connectivity index is 1.77. The van der Waals surface area contributed by atoms with Gasteiger partial charge in [-0.3, -0.25) is 9.20 Å². The first-order chi connectivity index (χ1) is 11.4. The molecule has 0 radical (unpaired) electrons. The molecule has 1 aliphatic rings. The van der Waals surface area contributed by atoms with Crippen LogP contribution in [0.25, 0.3) is 5.65 Å². The van der Waals surface area contributed by atoms with Gasteiger partial charge >= 0.3 is 11.7 Å². The molecule has 8 nitrogen and oxygen atoms in total. The molecule has 0 saturated heterocycles. The first-order valence-electron chi connectivity index (χ1n) is 8.00. The monoisotopic (exact) mass is 332 g/mol. The lowest BCUT2D eigenvalue weighted by Crippen LogP contribution is -2.57. The largest absolute Gasteiger partial charge is 0.480 e. The highest BCUT2D eigenvalue weighted by Gasteiger charge is 2.42. The number of nitrogens with zero attached hydrogens (tertiary/aromatic N) is 3. The van der Waals surface area contributed by atoms with Crippen LogP contribution in [0.15, 0.2) is 29.2 Å². The second-order valence-corrected chi connectivity index (χ2v) is 6.49. The highest BCUT2D eigenvalue weighted by Crippen LogP contribution is 2.32. The van der Waals surface area contributed by atoms with Crippen LogP contribution in [0.3, 0.4) is 0 Å². The fraction of sp³-hybridized carbons (Fsp3) is 0.500. The number of carbonyl (C=O) groups is 2. The maximum absolute atomic E-state index is 12.3. The molecule has 0 bridgehead atoms. The summed E-state index contributed by atoms with van der Waals surface area (Å²) in [6.07, 6.45) is 3.87. The summed E-state index contributed by atoms with van der Waals surface area (Å²) in [6.45, 7) is 1.77. The Labute approximate surface area is 138 Å². The van der Waals surface area contributed by atoms with E-state index in [0.29, 0.717) is 24.4 Å². The van der Waals surface area contributed by atoms with Gasteiger partial charge in [0.15, 0.2) is 5.65 Å². The standard InChI is InChI=1S/C16H20N4O4/c1-11-5-7-16(8-6-11,14(22)23)17-13(21)10-20-15(24)19-9-3-2-4-12(19)18-20/h2-4,9,11H,5-8,10H2,1H3,(H,17,21)(H,22,23). The number of rotatable bonds is 4. The van der Waals surface area contributed by atoms with Crippen LogP contribution in [0.5, 0.6) is 0 Å². The van der Waals surface area contributed by atoms with Crippen molar-refractivity contribution in [1.29, 1.82) is 0 Å². The van der Waals surface area contributed by atoms with Gasteiger partial charge in [-0.2, -0.15) is 0 Å². The van der Waals surface area contributed by atoms with Gasteiger partial charge in [-0.05, 0) is 43.7 Å². The Hall–Kier alpha value is -2.64. The molecule has 0 atom stereocenters. The maximum atomic E-state index is 12.3. The molecule has 2 aromatic rings. The third-order valence-electron chi connectivity index (χ3n) is 4.70. The van der Waals surface area contributed by atoms with E-state index in [-0.39, 0.29) is 6.54 Å². The van der Waals surface area contributed by atoms with E-state index in [1.165, 1.54) is 4.40 Å². The molecule has 0 aliphatic heterocycles. The van der Waals surface area contributed by atoms with E-state index in [2.05, 4.69) is 17.3 Å². The molecule has 24 heavy (non-hydrogen) atoms. The fourth-order valence-corrected chi connectivity index (χ4v) is 3.16. The molecule has 2 N–H and O–H groups in total. The molecule has 1 aliphatic carbocycles. The van der Waals surface area contributed by atoms with Crippen molar-refractivity contribution in [3.05, 3.63) is 34.9 Å². The Kier molecular flexibility index (Phi) is 4.13. The summed E-state index contributed by atoms with van der Waals surface area (Å²) >= 11 is 0. The third-order valence-corrected chi connectivity index (χ3v) is 4.70. The molecule has 8 heteroatoms. The number of carboxylic acids is 1. The first kappa shape index (κ1) is 16.2. The Bertz CT molecular complexity index is 830. The number of hydrogen-bond acceptors (Lipinski definition) is 4. The van der Waals surface area contributed by atoms with Crippen molar-refractivity contribution in [3.8, 4) is 0 Å². The summed E-state index contributed by atoms with van der Waals surface area (Å²) in [6, 6.07) is 5.11. The summed E-state index contributed by atoms with van der Waals surface area (Å²) in [5.74, 6) is -1.09. The van der Waals surface area contributed by atoms with Crippen molar-refractivity contribution in [1.82, 2.24) is 19.5 Å². The molecule has 1 fully saturated rings. The zero-order valence-corrected chi connectivity index (χ0v) is 13.4. The molecule has 3 rings (SSSR count). The van der Waals surface area contributed by atoms with Gasteiger partial charge in [0.1, 0.15) is 12.1 Å². The highest BCUT2D eigenvalue weighted by atomic mass is 16.4. The van der Waals surface area contributed by atoms with Gasteiger partial charge in [0.2, 0.25) is 5.91 Å². The summed E-state index contributed by atoms with van der Waals surface area (Å²) in [7, 11) is 0. The van der Waals surface area contributed by atoms with Crippen LogP contribution < -0.4 is 11.0 Å². The Morgan fingerprint density at radius 3 is 2.71 bits per heavy atom. The Morgan fingerprint density at radius 1 is 1.38 bits per heavy atom. The first-order valence-corrected chi connectivity index (χ1v) is 8.00. The number of hydrogen-bond donors (Lipinski definition) is 2. The fourth-order valence-electron chi connectivity index (χ4n) is 3.16. The molecule has 0 spiro atoms. The van der Waals surface area contributed by atoms with E-state index in [9.17, 15) is 19.5 Å². The van der Waals surface area contributed by atoms with E-state index < -0.39 is 23.1 Å². The lowest BCUT2D eigenvalue weighted by molar-refractivity contribution is -0.149. The second kappa shape index (κ2) is 6.10. The van der Waals surface area contributed by atoms with Crippen LogP contribution in [-0.2, 0) is 16.1 Å². The third kappa shape index (κ3) is 2.91.